The zero-order chi connectivity index (χ0) is 16.9. The third kappa shape index (κ3) is 3.90. The Morgan fingerprint density at radius 3 is 2.71 bits per heavy atom. The van der Waals surface area contributed by atoms with Crippen molar-refractivity contribution in [2.24, 2.45) is 5.92 Å². The van der Waals surface area contributed by atoms with Gasteiger partial charge in [-0.05, 0) is 43.4 Å². The highest BCUT2D eigenvalue weighted by molar-refractivity contribution is 5.42. The van der Waals surface area contributed by atoms with Crippen molar-refractivity contribution in [3.05, 3.63) is 41.3 Å². The zero-order valence-corrected chi connectivity index (χ0v) is 14.7. The molecule has 0 saturated heterocycles. The van der Waals surface area contributed by atoms with Gasteiger partial charge in [0, 0.05) is 25.1 Å². The highest BCUT2D eigenvalue weighted by Crippen LogP contribution is 2.30. The molecule has 0 amide bonds. The molecule has 5 nitrogen and oxygen atoms in total. The van der Waals surface area contributed by atoms with Crippen molar-refractivity contribution in [2.45, 2.75) is 45.2 Å². The average molecular weight is 330 g/mol. The number of nitrogens with one attached hydrogen (secondary N) is 1. The van der Waals surface area contributed by atoms with Gasteiger partial charge in [-0.1, -0.05) is 17.6 Å². The molecule has 0 aliphatic heterocycles. The third-order valence-electron chi connectivity index (χ3n) is 4.82. The number of ether oxygens (including phenoxy) is 2. The summed E-state index contributed by atoms with van der Waals surface area (Å²) in [6, 6.07) is 8.64. The summed E-state index contributed by atoms with van der Waals surface area (Å²) in [4.78, 5) is 0. The molecule has 3 rings (SSSR count). The molecule has 5 heteroatoms. The van der Waals surface area contributed by atoms with Crippen LogP contribution in [-0.2, 0) is 13.0 Å². The van der Waals surface area contributed by atoms with Gasteiger partial charge < -0.3 is 19.3 Å². The van der Waals surface area contributed by atoms with E-state index < -0.39 is 0 Å². The van der Waals surface area contributed by atoms with Crippen LogP contribution in [0.2, 0.25) is 0 Å². The molecule has 1 aliphatic carbocycles. The summed E-state index contributed by atoms with van der Waals surface area (Å²) in [5, 5.41) is 7.70. The average Bonchev–Trinajstić information content (AvgIpc) is 3.21. The molecule has 1 heterocycles. The fourth-order valence-electron chi connectivity index (χ4n) is 3.56. The van der Waals surface area contributed by atoms with Gasteiger partial charge in [-0.2, -0.15) is 0 Å². The van der Waals surface area contributed by atoms with Gasteiger partial charge in [-0.15, -0.1) is 0 Å². The van der Waals surface area contributed by atoms with Gasteiger partial charge in [0.05, 0.1) is 19.9 Å². The van der Waals surface area contributed by atoms with E-state index in [1.165, 1.54) is 24.8 Å². The summed E-state index contributed by atoms with van der Waals surface area (Å²) >= 11 is 0. The maximum absolute atomic E-state index is 5.38. The van der Waals surface area contributed by atoms with Crippen molar-refractivity contribution >= 4 is 0 Å². The molecule has 1 fully saturated rings. The molecule has 1 aromatic carbocycles. The van der Waals surface area contributed by atoms with E-state index in [1.54, 1.807) is 14.2 Å². The molecule has 0 unspecified atom stereocenters. The number of hydrogen-bond acceptors (Lipinski definition) is 5. The Kier molecular flexibility index (Phi) is 5.41. The van der Waals surface area contributed by atoms with Crippen LogP contribution in [0, 0.1) is 12.8 Å². The molecular formula is C19H26N2O3. The maximum atomic E-state index is 5.38. The van der Waals surface area contributed by atoms with Crippen LogP contribution in [-0.4, -0.2) is 25.4 Å². The molecule has 1 saturated carbocycles. The van der Waals surface area contributed by atoms with Crippen molar-refractivity contribution in [3.8, 4) is 11.5 Å². The minimum Gasteiger partial charge on any atom is -0.493 e. The molecule has 2 aromatic rings. The van der Waals surface area contributed by atoms with Crippen LogP contribution < -0.4 is 14.8 Å². The minimum atomic E-state index is 0.517. The summed E-state index contributed by atoms with van der Waals surface area (Å²) in [5.41, 5.74) is 2.16. The Hall–Kier alpha value is -2.01. The van der Waals surface area contributed by atoms with E-state index in [-0.39, 0.29) is 0 Å². The molecule has 130 valence electrons. The minimum absolute atomic E-state index is 0.517. The number of rotatable bonds is 7. The van der Waals surface area contributed by atoms with Crippen LogP contribution in [0.15, 0.2) is 28.8 Å². The highest BCUT2D eigenvalue weighted by atomic mass is 16.5. The van der Waals surface area contributed by atoms with Crippen LogP contribution in [0.3, 0.4) is 0 Å². The molecule has 1 N–H and O–H groups in total. The first-order valence-electron chi connectivity index (χ1n) is 8.56. The van der Waals surface area contributed by atoms with Gasteiger partial charge >= 0.3 is 0 Å². The number of hydrogen-bond donors (Lipinski definition) is 1. The lowest BCUT2D eigenvalue weighted by molar-refractivity contribution is 0.329. The molecular weight excluding hydrogens is 304 g/mol. The Morgan fingerprint density at radius 1 is 1.17 bits per heavy atom. The summed E-state index contributed by atoms with van der Waals surface area (Å²) in [5.74, 6) is 3.15. The van der Waals surface area contributed by atoms with Gasteiger partial charge in [0.15, 0.2) is 11.5 Å². The predicted molar refractivity (Wildman–Crippen MR) is 92.5 cm³/mol. The van der Waals surface area contributed by atoms with Crippen molar-refractivity contribution in [3.63, 3.8) is 0 Å². The molecule has 24 heavy (non-hydrogen) atoms. The first kappa shape index (κ1) is 16.8. The summed E-state index contributed by atoms with van der Waals surface area (Å²) in [6.07, 6.45) is 4.68. The van der Waals surface area contributed by atoms with Crippen molar-refractivity contribution in [1.29, 1.82) is 0 Å². The molecule has 2 atom stereocenters. The predicted octanol–water partition coefficient (Wildman–Crippen LogP) is 3.50. The van der Waals surface area contributed by atoms with Gasteiger partial charge in [0.1, 0.15) is 5.76 Å². The topological polar surface area (TPSA) is 56.5 Å². The maximum Gasteiger partial charge on any atom is 0.161 e. The highest BCUT2D eigenvalue weighted by Gasteiger charge is 2.28. The Bertz CT molecular complexity index is 668. The second kappa shape index (κ2) is 7.71. The molecule has 0 bridgehead atoms. The van der Waals surface area contributed by atoms with E-state index in [4.69, 9.17) is 14.0 Å². The largest absolute Gasteiger partial charge is 0.493 e. The van der Waals surface area contributed by atoms with E-state index in [2.05, 4.69) is 16.5 Å². The van der Waals surface area contributed by atoms with Crippen LogP contribution in [0.25, 0.3) is 0 Å². The second-order valence-corrected chi connectivity index (χ2v) is 6.51. The number of methoxy groups -OCH3 is 2. The summed E-state index contributed by atoms with van der Waals surface area (Å²) in [7, 11) is 3.32. The molecule has 0 radical (unpaired) electrons. The van der Waals surface area contributed by atoms with Crippen LogP contribution in [0.1, 0.15) is 36.3 Å². The normalized spacial score (nSPS) is 20.3. The standard InChI is InChI=1S/C19H26N2O3/c1-13-9-16(24-21-13)11-15-5-4-6-17(15)20-12-14-7-8-18(22-2)19(10-14)23-3/h7-10,15,17,20H,4-6,11-12H2,1-3H3/t15-,17+/m0/s1. The summed E-state index contributed by atoms with van der Waals surface area (Å²) < 4.78 is 16.1. The van der Waals surface area contributed by atoms with Gasteiger partial charge in [0.2, 0.25) is 0 Å². The van der Waals surface area contributed by atoms with Crippen LogP contribution >= 0.6 is 0 Å². The van der Waals surface area contributed by atoms with E-state index in [0.29, 0.717) is 12.0 Å². The Labute approximate surface area is 143 Å². The van der Waals surface area contributed by atoms with Crippen molar-refractivity contribution in [2.75, 3.05) is 14.2 Å². The number of benzene rings is 1. The van der Waals surface area contributed by atoms with E-state index in [0.717, 1.165) is 35.9 Å². The van der Waals surface area contributed by atoms with Crippen molar-refractivity contribution in [1.82, 2.24) is 10.5 Å². The lowest BCUT2D eigenvalue weighted by atomic mass is 9.97. The lowest BCUT2D eigenvalue weighted by Crippen LogP contribution is -2.32. The van der Waals surface area contributed by atoms with Crippen LogP contribution in [0.4, 0.5) is 0 Å². The number of nitrogens with zero attached hydrogens (tertiary/aromatic N) is 1. The van der Waals surface area contributed by atoms with E-state index >= 15 is 0 Å². The molecule has 0 spiro atoms. The first-order valence-corrected chi connectivity index (χ1v) is 8.56. The monoisotopic (exact) mass is 330 g/mol. The molecule has 1 aromatic heterocycles. The fraction of sp³-hybridized carbons (Fsp3) is 0.526. The van der Waals surface area contributed by atoms with E-state index in [1.807, 2.05) is 25.1 Å². The van der Waals surface area contributed by atoms with E-state index in [9.17, 15) is 0 Å². The zero-order valence-electron chi connectivity index (χ0n) is 14.7. The lowest BCUT2D eigenvalue weighted by Gasteiger charge is -2.20. The van der Waals surface area contributed by atoms with Crippen LogP contribution in [0.5, 0.6) is 11.5 Å². The smallest absolute Gasteiger partial charge is 0.161 e. The SMILES string of the molecule is COc1ccc(CN[C@@H]2CCC[C@H]2Cc2cc(C)no2)cc1OC. The quantitative estimate of drug-likeness (QED) is 0.842. The summed E-state index contributed by atoms with van der Waals surface area (Å²) in [6.45, 7) is 2.80. The Balaban J connectivity index is 1.59. The number of aryl methyl sites for hydroxylation is 1. The first-order chi connectivity index (χ1) is 11.7. The van der Waals surface area contributed by atoms with Gasteiger partial charge in [-0.3, -0.25) is 0 Å². The van der Waals surface area contributed by atoms with Gasteiger partial charge in [0.25, 0.3) is 0 Å². The Morgan fingerprint density at radius 2 is 2.00 bits per heavy atom. The molecule has 1 aliphatic rings. The number of aromatic nitrogens is 1. The van der Waals surface area contributed by atoms with Crippen molar-refractivity contribution < 1.29 is 14.0 Å². The fourth-order valence-corrected chi connectivity index (χ4v) is 3.56. The third-order valence-corrected chi connectivity index (χ3v) is 4.82. The second-order valence-electron chi connectivity index (χ2n) is 6.51. The van der Waals surface area contributed by atoms with Gasteiger partial charge in [-0.25, -0.2) is 0 Å².